The zero-order valence-corrected chi connectivity index (χ0v) is 13.7. The molecule has 0 spiro atoms. The molecular weight excluding hydrogens is 294 g/mol. The number of thiophene rings is 1. The Kier molecular flexibility index (Phi) is 4.62. The van der Waals surface area contributed by atoms with E-state index in [1.165, 1.54) is 20.9 Å². The Morgan fingerprint density at radius 1 is 1.27 bits per heavy atom. The SMILES string of the molecule is C=C(O)c1ccc(-c2sc(CN3CCOCC3)cc2C)cc1. The van der Waals surface area contributed by atoms with Crippen LogP contribution in [0.15, 0.2) is 36.9 Å². The maximum absolute atomic E-state index is 9.42. The van der Waals surface area contributed by atoms with Crippen molar-refractivity contribution in [3.63, 3.8) is 0 Å². The van der Waals surface area contributed by atoms with E-state index in [1.807, 2.05) is 35.6 Å². The zero-order valence-electron chi connectivity index (χ0n) is 12.8. The number of benzene rings is 1. The molecule has 1 aliphatic rings. The van der Waals surface area contributed by atoms with Crippen LogP contribution in [0.3, 0.4) is 0 Å². The molecule has 2 heterocycles. The molecular formula is C18H21NO2S. The molecule has 0 unspecified atom stereocenters. The first-order valence-electron chi connectivity index (χ1n) is 7.51. The van der Waals surface area contributed by atoms with E-state index >= 15 is 0 Å². The molecule has 0 atom stereocenters. The number of morpholine rings is 1. The van der Waals surface area contributed by atoms with E-state index in [0.717, 1.165) is 38.4 Å². The highest BCUT2D eigenvalue weighted by Gasteiger charge is 2.14. The molecule has 1 N–H and O–H groups in total. The van der Waals surface area contributed by atoms with Gasteiger partial charge in [0.15, 0.2) is 0 Å². The Morgan fingerprint density at radius 2 is 1.95 bits per heavy atom. The van der Waals surface area contributed by atoms with Gasteiger partial charge in [-0.15, -0.1) is 11.3 Å². The molecule has 22 heavy (non-hydrogen) atoms. The lowest BCUT2D eigenvalue weighted by Crippen LogP contribution is -2.35. The highest BCUT2D eigenvalue weighted by atomic mass is 32.1. The van der Waals surface area contributed by atoms with Gasteiger partial charge in [0, 0.05) is 35.0 Å². The Labute approximate surface area is 135 Å². The highest BCUT2D eigenvalue weighted by molar-refractivity contribution is 7.15. The summed E-state index contributed by atoms with van der Waals surface area (Å²) in [5.41, 5.74) is 3.27. The minimum absolute atomic E-state index is 0.113. The molecule has 4 heteroatoms. The lowest BCUT2D eigenvalue weighted by atomic mass is 10.1. The maximum Gasteiger partial charge on any atom is 0.115 e. The van der Waals surface area contributed by atoms with E-state index in [9.17, 15) is 5.11 Å². The fourth-order valence-corrected chi connectivity index (χ4v) is 3.93. The predicted octanol–water partition coefficient (Wildman–Crippen LogP) is 4.08. The van der Waals surface area contributed by atoms with Crippen molar-refractivity contribution in [2.24, 2.45) is 0 Å². The van der Waals surface area contributed by atoms with Crippen LogP contribution in [0.5, 0.6) is 0 Å². The van der Waals surface area contributed by atoms with Crippen molar-refractivity contribution in [3.05, 3.63) is 52.9 Å². The summed E-state index contributed by atoms with van der Waals surface area (Å²) in [7, 11) is 0. The molecule has 1 fully saturated rings. The van der Waals surface area contributed by atoms with Crippen molar-refractivity contribution in [2.45, 2.75) is 13.5 Å². The van der Waals surface area contributed by atoms with Crippen LogP contribution in [0, 0.1) is 6.92 Å². The first kappa shape index (κ1) is 15.3. The summed E-state index contributed by atoms with van der Waals surface area (Å²) >= 11 is 1.85. The van der Waals surface area contributed by atoms with Gasteiger partial charge in [0.05, 0.1) is 13.2 Å². The third kappa shape index (κ3) is 3.40. The number of hydrogen-bond donors (Lipinski definition) is 1. The van der Waals surface area contributed by atoms with Gasteiger partial charge in [0.2, 0.25) is 0 Å². The molecule has 1 aromatic carbocycles. The van der Waals surface area contributed by atoms with Crippen molar-refractivity contribution < 1.29 is 9.84 Å². The van der Waals surface area contributed by atoms with E-state index in [2.05, 4.69) is 24.5 Å². The average molecular weight is 315 g/mol. The maximum atomic E-state index is 9.42. The van der Waals surface area contributed by atoms with Crippen molar-refractivity contribution in [1.82, 2.24) is 4.90 Å². The number of rotatable bonds is 4. The molecule has 0 bridgehead atoms. The van der Waals surface area contributed by atoms with Gasteiger partial charge in [-0.1, -0.05) is 30.8 Å². The van der Waals surface area contributed by atoms with Crippen LogP contribution >= 0.6 is 11.3 Å². The summed E-state index contributed by atoms with van der Waals surface area (Å²) in [6.07, 6.45) is 0. The van der Waals surface area contributed by atoms with E-state index in [4.69, 9.17) is 4.74 Å². The minimum Gasteiger partial charge on any atom is -0.508 e. The summed E-state index contributed by atoms with van der Waals surface area (Å²) in [4.78, 5) is 5.14. The van der Waals surface area contributed by atoms with Crippen LogP contribution in [0.1, 0.15) is 16.0 Å². The van der Waals surface area contributed by atoms with Crippen molar-refractivity contribution in [1.29, 1.82) is 0 Å². The van der Waals surface area contributed by atoms with Gasteiger partial charge in [0.1, 0.15) is 5.76 Å². The summed E-state index contributed by atoms with van der Waals surface area (Å²) in [6, 6.07) is 10.2. The number of aliphatic hydroxyl groups is 1. The van der Waals surface area contributed by atoms with E-state index < -0.39 is 0 Å². The molecule has 0 radical (unpaired) electrons. The van der Waals surface area contributed by atoms with Crippen molar-refractivity contribution in [2.75, 3.05) is 26.3 Å². The van der Waals surface area contributed by atoms with Crippen LogP contribution in [-0.2, 0) is 11.3 Å². The van der Waals surface area contributed by atoms with E-state index in [-0.39, 0.29) is 5.76 Å². The quantitative estimate of drug-likeness (QED) is 0.863. The van der Waals surface area contributed by atoms with Gasteiger partial charge in [-0.3, -0.25) is 4.90 Å². The van der Waals surface area contributed by atoms with Gasteiger partial charge in [-0.05, 0) is 24.1 Å². The number of aryl methyl sites for hydroxylation is 1. The Bertz CT molecular complexity index is 654. The Hall–Kier alpha value is -1.62. The zero-order chi connectivity index (χ0) is 15.5. The van der Waals surface area contributed by atoms with Crippen molar-refractivity contribution in [3.8, 4) is 10.4 Å². The second kappa shape index (κ2) is 6.65. The fraction of sp³-hybridized carbons (Fsp3) is 0.333. The van der Waals surface area contributed by atoms with Gasteiger partial charge >= 0.3 is 0 Å². The third-order valence-electron chi connectivity index (χ3n) is 3.93. The second-order valence-corrected chi connectivity index (χ2v) is 6.77. The molecule has 3 nitrogen and oxygen atoms in total. The average Bonchev–Trinajstić information content (AvgIpc) is 2.89. The first-order chi connectivity index (χ1) is 10.6. The van der Waals surface area contributed by atoms with Gasteiger partial charge < -0.3 is 9.84 Å². The van der Waals surface area contributed by atoms with Gasteiger partial charge in [-0.25, -0.2) is 0 Å². The molecule has 1 aromatic heterocycles. The molecule has 0 aliphatic carbocycles. The van der Waals surface area contributed by atoms with E-state index in [0.29, 0.717) is 0 Å². The van der Waals surface area contributed by atoms with Crippen LogP contribution in [0.4, 0.5) is 0 Å². The van der Waals surface area contributed by atoms with Crippen LogP contribution in [0.25, 0.3) is 16.2 Å². The molecule has 1 aliphatic heterocycles. The summed E-state index contributed by atoms with van der Waals surface area (Å²) in [5.74, 6) is 0.113. The summed E-state index contributed by atoms with van der Waals surface area (Å²) < 4.78 is 5.40. The lowest BCUT2D eigenvalue weighted by Gasteiger charge is -2.25. The molecule has 3 rings (SSSR count). The number of ether oxygens (including phenoxy) is 1. The third-order valence-corrected chi connectivity index (χ3v) is 5.20. The molecule has 1 saturated heterocycles. The highest BCUT2D eigenvalue weighted by Crippen LogP contribution is 2.33. The fourth-order valence-electron chi connectivity index (χ4n) is 2.71. The molecule has 0 amide bonds. The molecule has 2 aromatic rings. The monoisotopic (exact) mass is 315 g/mol. The van der Waals surface area contributed by atoms with Crippen LogP contribution in [-0.4, -0.2) is 36.3 Å². The lowest BCUT2D eigenvalue weighted by molar-refractivity contribution is 0.0346. The first-order valence-corrected chi connectivity index (χ1v) is 8.33. The topological polar surface area (TPSA) is 32.7 Å². The van der Waals surface area contributed by atoms with Crippen LogP contribution in [0.2, 0.25) is 0 Å². The second-order valence-electron chi connectivity index (χ2n) is 5.64. The molecule has 0 saturated carbocycles. The number of nitrogens with zero attached hydrogens (tertiary/aromatic N) is 1. The Morgan fingerprint density at radius 3 is 2.59 bits per heavy atom. The number of aliphatic hydroxyl groups excluding tert-OH is 1. The van der Waals surface area contributed by atoms with Crippen LogP contribution < -0.4 is 0 Å². The van der Waals surface area contributed by atoms with Crippen molar-refractivity contribution >= 4 is 17.1 Å². The minimum atomic E-state index is 0.113. The normalized spacial score (nSPS) is 15.9. The van der Waals surface area contributed by atoms with Gasteiger partial charge in [0.25, 0.3) is 0 Å². The standard InChI is InChI=1S/C18H21NO2S/c1-13-11-17(12-19-7-9-21-10-8-19)22-18(13)16-5-3-15(4-6-16)14(2)20/h3-6,11,20H,2,7-10,12H2,1H3. The summed E-state index contributed by atoms with van der Waals surface area (Å²) in [5, 5.41) is 9.42. The van der Waals surface area contributed by atoms with Gasteiger partial charge in [-0.2, -0.15) is 0 Å². The summed E-state index contributed by atoms with van der Waals surface area (Å²) in [6.45, 7) is 10.4. The largest absolute Gasteiger partial charge is 0.508 e. The van der Waals surface area contributed by atoms with E-state index in [1.54, 1.807) is 0 Å². The smallest absolute Gasteiger partial charge is 0.115 e. The Balaban J connectivity index is 1.77. The predicted molar refractivity (Wildman–Crippen MR) is 92.3 cm³/mol. The number of hydrogen-bond acceptors (Lipinski definition) is 4. The molecule has 116 valence electrons.